The summed E-state index contributed by atoms with van der Waals surface area (Å²) in [5.74, 6) is 0. The molecule has 0 aromatic carbocycles. The second kappa shape index (κ2) is 7.10. The molecule has 2 aromatic rings. The van der Waals surface area contributed by atoms with Gasteiger partial charge in [0.25, 0.3) is 5.13 Å². The number of nitrogens with zero attached hydrogens (tertiary/aromatic N) is 7. The van der Waals surface area contributed by atoms with Gasteiger partial charge in [0.15, 0.2) is 10.1 Å². The van der Waals surface area contributed by atoms with Crippen molar-refractivity contribution >= 4 is 43.1 Å². The van der Waals surface area contributed by atoms with Crippen molar-refractivity contribution in [1.29, 1.82) is 0 Å². The zero-order valence-corrected chi connectivity index (χ0v) is 15.3. The molecule has 0 aliphatic carbocycles. The van der Waals surface area contributed by atoms with Crippen LogP contribution in [0.4, 0.5) is 20.4 Å². The Balaban J connectivity index is 2.12. The second-order valence-electron chi connectivity index (χ2n) is 5.54. The Hall–Kier alpha value is -1.61. The molecule has 0 saturated heterocycles. The first-order chi connectivity index (χ1) is 10.4. The molecule has 0 aliphatic rings. The van der Waals surface area contributed by atoms with Gasteiger partial charge in [-0.3, -0.25) is 0 Å². The topological polar surface area (TPSA) is 69.9 Å². The summed E-state index contributed by atoms with van der Waals surface area (Å²) in [6.45, 7) is 8.57. The quantitative estimate of drug-likeness (QED) is 0.741. The molecule has 0 unspecified atom stereocenters. The van der Waals surface area contributed by atoms with Crippen LogP contribution in [-0.2, 0) is 0 Å². The number of hydrogen-bond donors (Lipinski definition) is 0. The van der Waals surface area contributed by atoms with E-state index in [1.807, 2.05) is 19.0 Å². The summed E-state index contributed by atoms with van der Waals surface area (Å²) < 4.78 is 0. The van der Waals surface area contributed by atoms with E-state index in [1.165, 1.54) is 22.7 Å². The molecule has 9 heteroatoms. The Labute approximate surface area is 138 Å². The second-order valence-corrected chi connectivity index (χ2v) is 7.46. The minimum absolute atomic E-state index is 0.363. The first-order valence-corrected chi connectivity index (χ1v) is 8.68. The summed E-state index contributed by atoms with van der Waals surface area (Å²) in [5, 5.41) is 19.8. The minimum Gasteiger partial charge on any atom is -0.354 e. The SMILES string of the molecule is CC(C)N(c1nnc(N=Nc2cnc(N(C)C)s2)s1)C(C)C. The van der Waals surface area contributed by atoms with Crippen molar-refractivity contribution in [3.8, 4) is 0 Å². The normalized spacial score (nSPS) is 11.8. The van der Waals surface area contributed by atoms with Crippen LogP contribution in [0.15, 0.2) is 16.4 Å². The van der Waals surface area contributed by atoms with Gasteiger partial charge in [0.1, 0.15) is 0 Å². The lowest BCUT2D eigenvalue weighted by molar-refractivity contribution is 0.603. The maximum absolute atomic E-state index is 4.26. The van der Waals surface area contributed by atoms with Crippen LogP contribution in [-0.4, -0.2) is 41.4 Å². The first kappa shape index (κ1) is 16.8. The largest absolute Gasteiger partial charge is 0.354 e. The molecule has 0 atom stereocenters. The van der Waals surface area contributed by atoms with E-state index in [0.717, 1.165) is 15.3 Å². The van der Waals surface area contributed by atoms with Gasteiger partial charge in [-0.25, -0.2) is 4.98 Å². The summed E-state index contributed by atoms with van der Waals surface area (Å²) in [4.78, 5) is 8.41. The molecule has 2 heterocycles. The Morgan fingerprint density at radius 2 is 1.64 bits per heavy atom. The van der Waals surface area contributed by atoms with E-state index in [-0.39, 0.29) is 0 Å². The van der Waals surface area contributed by atoms with Gasteiger partial charge in [-0.2, -0.15) is 0 Å². The van der Waals surface area contributed by atoms with E-state index in [1.54, 1.807) is 6.20 Å². The molecule has 0 fully saturated rings. The molecule has 0 saturated carbocycles. The first-order valence-electron chi connectivity index (χ1n) is 7.05. The molecule has 0 spiro atoms. The van der Waals surface area contributed by atoms with Gasteiger partial charge in [0.05, 0.1) is 6.20 Å². The van der Waals surface area contributed by atoms with Crippen LogP contribution in [0.5, 0.6) is 0 Å². The molecular formula is C13H21N7S2. The minimum atomic E-state index is 0.363. The molecule has 120 valence electrons. The van der Waals surface area contributed by atoms with Crippen molar-refractivity contribution in [2.45, 2.75) is 39.8 Å². The smallest absolute Gasteiger partial charge is 0.253 e. The predicted octanol–water partition coefficient (Wildman–Crippen LogP) is 4.10. The lowest BCUT2D eigenvalue weighted by Crippen LogP contribution is -2.36. The molecule has 2 aromatic heterocycles. The third kappa shape index (κ3) is 3.98. The Morgan fingerprint density at radius 1 is 0.955 bits per heavy atom. The van der Waals surface area contributed by atoms with Crippen molar-refractivity contribution in [1.82, 2.24) is 15.2 Å². The number of aromatic nitrogens is 3. The van der Waals surface area contributed by atoms with E-state index >= 15 is 0 Å². The number of anilines is 2. The molecule has 0 amide bonds. The van der Waals surface area contributed by atoms with E-state index < -0.39 is 0 Å². The van der Waals surface area contributed by atoms with Crippen molar-refractivity contribution in [3.63, 3.8) is 0 Å². The molecule has 0 bridgehead atoms. The van der Waals surface area contributed by atoms with Crippen LogP contribution < -0.4 is 9.80 Å². The fraction of sp³-hybridized carbons (Fsp3) is 0.615. The highest BCUT2D eigenvalue weighted by Crippen LogP contribution is 2.32. The summed E-state index contributed by atoms with van der Waals surface area (Å²) >= 11 is 2.93. The highest BCUT2D eigenvalue weighted by molar-refractivity contribution is 7.19. The monoisotopic (exact) mass is 339 g/mol. The Kier molecular flexibility index (Phi) is 5.41. The summed E-state index contributed by atoms with van der Waals surface area (Å²) in [5.41, 5.74) is 0. The van der Waals surface area contributed by atoms with Crippen LogP contribution >= 0.6 is 22.7 Å². The van der Waals surface area contributed by atoms with E-state index in [2.05, 4.69) is 58.0 Å². The van der Waals surface area contributed by atoms with Crippen molar-refractivity contribution in [2.75, 3.05) is 23.9 Å². The molecule has 2 rings (SSSR count). The van der Waals surface area contributed by atoms with Gasteiger partial charge in [-0.05, 0) is 27.7 Å². The average molecular weight is 339 g/mol. The van der Waals surface area contributed by atoms with Crippen molar-refractivity contribution in [3.05, 3.63) is 6.20 Å². The lowest BCUT2D eigenvalue weighted by Gasteiger charge is -2.29. The third-order valence-corrected chi connectivity index (χ3v) is 4.71. The van der Waals surface area contributed by atoms with E-state index in [0.29, 0.717) is 17.2 Å². The predicted molar refractivity (Wildman–Crippen MR) is 93.3 cm³/mol. The van der Waals surface area contributed by atoms with Crippen LogP contribution in [0, 0.1) is 0 Å². The number of rotatable bonds is 6. The number of thiazole rings is 1. The molecule has 0 N–H and O–H groups in total. The lowest BCUT2D eigenvalue weighted by atomic mass is 10.2. The summed E-state index contributed by atoms with van der Waals surface area (Å²) in [6, 6.07) is 0.726. The van der Waals surface area contributed by atoms with Gasteiger partial charge in [0, 0.05) is 26.2 Å². The van der Waals surface area contributed by atoms with Crippen LogP contribution in [0.2, 0.25) is 0 Å². The summed E-state index contributed by atoms with van der Waals surface area (Å²) in [6.07, 6.45) is 1.71. The number of hydrogen-bond acceptors (Lipinski definition) is 9. The maximum Gasteiger partial charge on any atom is 0.253 e. The molecule has 7 nitrogen and oxygen atoms in total. The highest BCUT2D eigenvalue weighted by Gasteiger charge is 2.18. The molecule has 0 radical (unpaired) electrons. The fourth-order valence-corrected chi connectivity index (χ4v) is 3.59. The summed E-state index contributed by atoms with van der Waals surface area (Å²) in [7, 11) is 3.90. The van der Waals surface area contributed by atoms with Crippen LogP contribution in [0.25, 0.3) is 0 Å². The maximum atomic E-state index is 4.26. The van der Waals surface area contributed by atoms with Crippen LogP contribution in [0.3, 0.4) is 0 Å². The van der Waals surface area contributed by atoms with Crippen LogP contribution in [0.1, 0.15) is 27.7 Å². The average Bonchev–Trinajstić information content (AvgIpc) is 3.04. The van der Waals surface area contributed by atoms with Gasteiger partial charge in [-0.15, -0.1) is 20.4 Å². The van der Waals surface area contributed by atoms with E-state index in [9.17, 15) is 0 Å². The van der Waals surface area contributed by atoms with Crippen molar-refractivity contribution < 1.29 is 0 Å². The zero-order valence-electron chi connectivity index (χ0n) is 13.7. The Bertz CT molecular complexity index is 622. The van der Waals surface area contributed by atoms with Gasteiger partial charge >= 0.3 is 0 Å². The molecule has 22 heavy (non-hydrogen) atoms. The molecule has 0 aliphatic heterocycles. The van der Waals surface area contributed by atoms with E-state index in [4.69, 9.17) is 0 Å². The van der Waals surface area contributed by atoms with Crippen molar-refractivity contribution in [2.24, 2.45) is 10.2 Å². The van der Waals surface area contributed by atoms with Gasteiger partial charge < -0.3 is 9.80 Å². The standard InChI is InChI=1S/C13H21N7S2/c1-8(2)20(9(3)4)13-18-17-11(22-13)16-15-10-7-14-12(21-10)19(5)6/h7-9H,1-6H3. The zero-order chi connectivity index (χ0) is 16.3. The van der Waals surface area contributed by atoms with Gasteiger partial charge in [-0.1, -0.05) is 22.7 Å². The fourth-order valence-electron chi connectivity index (χ4n) is 1.99. The number of azo groups is 1. The molecular weight excluding hydrogens is 318 g/mol. The van der Waals surface area contributed by atoms with Gasteiger partial charge in [0.2, 0.25) is 5.13 Å². The third-order valence-electron chi connectivity index (χ3n) is 2.84. The highest BCUT2D eigenvalue weighted by atomic mass is 32.1. The Morgan fingerprint density at radius 3 is 2.18 bits per heavy atom.